The zero-order valence-corrected chi connectivity index (χ0v) is 13.1. The Morgan fingerprint density at radius 2 is 2.13 bits per heavy atom. The third kappa shape index (κ3) is 3.32. The van der Waals surface area contributed by atoms with E-state index in [0.717, 1.165) is 18.9 Å². The summed E-state index contributed by atoms with van der Waals surface area (Å²) in [4.78, 5) is 12.5. The minimum absolute atomic E-state index is 0.113. The molecule has 1 heterocycles. The summed E-state index contributed by atoms with van der Waals surface area (Å²) in [5, 5.41) is 3.63. The molecule has 1 saturated carbocycles. The van der Waals surface area contributed by atoms with Crippen LogP contribution in [0.2, 0.25) is 0 Å². The fourth-order valence-corrected chi connectivity index (χ4v) is 2.74. The number of rotatable bonds is 6. The Bertz CT molecular complexity index is 817. The van der Waals surface area contributed by atoms with Crippen LogP contribution in [0.25, 0.3) is 0 Å². The molecule has 1 aromatic carbocycles. The molecule has 0 bridgehead atoms. The van der Waals surface area contributed by atoms with Gasteiger partial charge in [-0.2, -0.15) is 0 Å². The van der Waals surface area contributed by atoms with Crippen molar-refractivity contribution in [3.63, 3.8) is 0 Å². The third-order valence-corrected chi connectivity index (χ3v) is 4.23. The molecule has 0 saturated heterocycles. The Morgan fingerprint density at radius 3 is 2.74 bits per heavy atom. The summed E-state index contributed by atoms with van der Waals surface area (Å²) < 4.78 is 45.1. The Hall–Kier alpha value is -2.06. The molecule has 1 aliphatic rings. The number of hydrogen-bond acceptors (Lipinski definition) is 6. The van der Waals surface area contributed by atoms with Gasteiger partial charge in [0.25, 0.3) is 11.0 Å². The van der Waals surface area contributed by atoms with Gasteiger partial charge in [-0.1, -0.05) is 11.2 Å². The first-order valence-corrected chi connectivity index (χ1v) is 8.16. The molecule has 0 radical (unpaired) electrons. The molecule has 1 aromatic heterocycles. The van der Waals surface area contributed by atoms with Crippen molar-refractivity contribution < 1.29 is 26.3 Å². The maximum Gasteiger partial charge on any atom is 0.257 e. The van der Waals surface area contributed by atoms with Crippen LogP contribution in [0.3, 0.4) is 0 Å². The van der Waals surface area contributed by atoms with Crippen LogP contribution in [0.4, 0.5) is 4.39 Å². The molecule has 2 aromatic rings. The molecule has 0 N–H and O–H groups in total. The lowest BCUT2D eigenvalue weighted by molar-refractivity contribution is 0.103. The first-order valence-electron chi connectivity index (χ1n) is 7.07. The number of ketones is 1. The third-order valence-electron chi connectivity index (χ3n) is 3.74. The van der Waals surface area contributed by atoms with E-state index in [0.29, 0.717) is 11.3 Å². The topological polar surface area (TPSA) is 86.5 Å². The molecule has 0 aliphatic heterocycles. The van der Waals surface area contributed by atoms with E-state index in [1.54, 1.807) is 0 Å². The average Bonchev–Trinajstić information content (AvgIpc) is 3.23. The largest absolute Gasteiger partial charge is 0.360 e. The molecule has 3 rings (SSSR count). The number of hydrogen-bond donors (Lipinski definition) is 1. The summed E-state index contributed by atoms with van der Waals surface area (Å²) in [6.07, 6.45) is 2.34. The highest BCUT2D eigenvalue weighted by atomic mass is 32.2. The van der Waals surface area contributed by atoms with Crippen LogP contribution in [0.5, 0.6) is 0 Å². The highest BCUT2D eigenvalue weighted by Gasteiger charge is 2.33. The number of benzene rings is 1. The Labute approximate surface area is 133 Å². The van der Waals surface area contributed by atoms with E-state index in [1.807, 2.05) is 0 Å². The Kier molecular flexibility index (Phi) is 4.27. The van der Waals surface area contributed by atoms with Gasteiger partial charge < -0.3 is 4.52 Å². The van der Waals surface area contributed by atoms with E-state index >= 15 is 0 Å². The molecule has 0 spiro atoms. The van der Waals surface area contributed by atoms with Crippen molar-refractivity contribution >= 4 is 16.8 Å². The van der Waals surface area contributed by atoms with E-state index in [4.69, 9.17) is 4.52 Å². The monoisotopic (exact) mass is 339 g/mol. The predicted octanol–water partition coefficient (Wildman–Crippen LogP) is 2.53. The first kappa shape index (κ1) is 15.8. The van der Waals surface area contributed by atoms with E-state index in [-0.39, 0.29) is 17.0 Å². The van der Waals surface area contributed by atoms with Crippen molar-refractivity contribution in [2.75, 3.05) is 0 Å². The van der Waals surface area contributed by atoms with Gasteiger partial charge in [-0.15, -0.1) is 0 Å². The molecule has 1 atom stereocenters. The lowest BCUT2D eigenvalue weighted by Gasteiger charge is -2.10. The van der Waals surface area contributed by atoms with Gasteiger partial charge in [0.05, 0.1) is 23.4 Å². The molecule has 1 fully saturated rings. The molecule has 0 amide bonds. The summed E-state index contributed by atoms with van der Waals surface area (Å²) in [5.41, 5.74) is 0.481. The summed E-state index contributed by atoms with van der Waals surface area (Å²) in [5.74, 6) is -0.563. The molecular formula is C15H14FNO5S. The zero-order chi connectivity index (χ0) is 16.6. The van der Waals surface area contributed by atoms with Crippen LogP contribution < -0.4 is 0 Å². The Balaban J connectivity index is 1.88. The zero-order valence-electron chi connectivity index (χ0n) is 12.2. The number of nitrogens with zero attached hydrogens (tertiary/aromatic N) is 1. The SMILES string of the molecule is CC(O[SH](=O)=O)c1ccc(C(=O)c2cnoc2C2CC2)c(F)c1. The summed E-state index contributed by atoms with van der Waals surface area (Å²) in [7, 11) is -3.04. The minimum atomic E-state index is -3.04. The fourth-order valence-electron chi connectivity index (χ4n) is 2.36. The van der Waals surface area contributed by atoms with Gasteiger partial charge in [-0.3, -0.25) is 8.98 Å². The standard InChI is InChI=1S/C15H14FNO5S/c1-8(22-23(19)20)10-4-5-11(13(16)6-10)14(18)12-7-17-21-15(12)9-2-3-9/h4-9,23H,2-3H2,1H3. The van der Waals surface area contributed by atoms with Crippen molar-refractivity contribution in [3.05, 3.63) is 52.7 Å². The second-order valence-electron chi connectivity index (χ2n) is 5.42. The number of carbonyl (C=O) groups excluding carboxylic acids is 1. The normalized spacial score (nSPS) is 15.8. The average molecular weight is 339 g/mol. The van der Waals surface area contributed by atoms with Crippen molar-refractivity contribution in [1.82, 2.24) is 5.16 Å². The van der Waals surface area contributed by atoms with E-state index in [1.165, 1.54) is 25.3 Å². The minimum Gasteiger partial charge on any atom is -0.360 e. The van der Waals surface area contributed by atoms with Crippen LogP contribution >= 0.6 is 0 Å². The first-order chi connectivity index (χ1) is 11.0. The van der Waals surface area contributed by atoms with Gasteiger partial charge in [0.2, 0.25) is 5.78 Å². The molecule has 1 aliphatic carbocycles. The second kappa shape index (κ2) is 6.21. The van der Waals surface area contributed by atoms with Gasteiger partial charge in [0.1, 0.15) is 5.82 Å². The van der Waals surface area contributed by atoms with Crippen LogP contribution in [0, 0.1) is 5.82 Å². The van der Waals surface area contributed by atoms with Crippen molar-refractivity contribution in [1.29, 1.82) is 0 Å². The summed E-state index contributed by atoms with van der Waals surface area (Å²) in [6, 6.07) is 3.87. The molecular weight excluding hydrogens is 325 g/mol. The molecule has 23 heavy (non-hydrogen) atoms. The van der Waals surface area contributed by atoms with Crippen molar-refractivity contribution in [3.8, 4) is 0 Å². The van der Waals surface area contributed by atoms with Crippen LogP contribution in [-0.4, -0.2) is 19.4 Å². The maximum atomic E-state index is 14.3. The fraction of sp³-hybridized carbons (Fsp3) is 0.333. The molecule has 1 unspecified atom stereocenters. The van der Waals surface area contributed by atoms with Gasteiger partial charge >= 0.3 is 0 Å². The molecule has 8 heteroatoms. The van der Waals surface area contributed by atoms with Gasteiger partial charge in [0.15, 0.2) is 5.76 Å². The molecule has 6 nitrogen and oxygen atoms in total. The lowest BCUT2D eigenvalue weighted by atomic mass is 9.99. The van der Waals surface area contributed by atoms with E-state index < -0.39 is 28.7 Å². The number of thiol groups is 1. The van der Waals surface area contributed by atoms with Gasteiger partial charge in [0, 0.05) is 5.92 Å². The van der Waals surface area contributed by atoms with Crippen LogP contribution in [0.1, 0.15) is 59.0 Å². The highest BCUT2D eigenvalue weighted by Crippen LogP contribution is 2.42. The van der Waals surface area contributed by atoms with Gasteiger partial charge in [-0.25, -0.2) is 12.8 Å². The Morgan fingerprint density at radius 1 is 1.39 bits per heavy atom. The van der Waals surface area contributed by atoms with Crippen molar-refractivity contribution in [2.45, 2.75) is 31.8 Å². The van der Waals surface area contributed by atoms with E-state index in [2.05, 4.69) is 9.34 Å². The van der Waals surface area contributed by atoms with Gasteiger partial charge in [-0.05, 0) is 37.5 Å². The van der Waals surface area contributed by atoms with Crippen LogP contribution in [-0.2, 0) is 15.2 Å². The van der Waals surface area contributed by atoms with E-state index in [9.17, 15) is 17.6 Å². The van der Waals surface area contributed by atoms with Crippen molar-refractivity contribution in [2.24, 2.45) is 0 Å². The van der Waals surface area contributed by atoms with Crippen LogP contribution in [0.15, 0.2) is 28.9 Å². The number of carbonyl (C=O) groups is 1. The number of halogens is 1. The summed E-state index contributed by atoms with van der Waals surface area (Å²) in [6.45, 7) is 1.48. The second-order valence-corrected chi connectivity index (χ2v) is 6.08. The summed E-state index contributed by atoms with van der Waals surface area (Å²) >= 11 is 0. The quantitative estimate of drug-likeness (QED) is 0.643. The lowest BCUT2D eigenvalue weighted by Crippen LogP contribution is -2.07. The highest BCUT2D eigenvalue weighted by molar-refractivity contribution is 7.67. The maximum absolute atomic E-state index is 14.3. The number of aromatic nitrogens is 1. The predicted molar refractivity (Wildman–Crippen MR) is 78.1 cm³/mol. The molecule has 122 valence electrons. The smallest absolute Gasteiger partial charge is 0.257 e.